The molecular formula is C20H19ClN2O4. The summed E-state index contributed by atoms with van der Waals surface area (Å²) < 4.78 is 18.0. The Labute approximate surface area is 161 Å². The van der Waals surface area contributed by atoms with Crippen molar-refractivity contribution in [3.05, 3.63) is 52.0 Å². The Morgan fingerprint density at radius 2 is 1.89 bits per heavy atom. The summed E-state index contributed by atoms with van der Waals surface area (Å²) >= 11 is 6.09. The lowest BCUT2D eigenvalue weighted by molar-refractivity contribution is 0.186. The maximum atomic E-state index is 13.4. The highest BCUT2D eigenvalue weighted by Gasteiger charge is 2.23. The molecular weight excluding hydrogens is 368 g/mol. The number of aromatic nitrogens is 2. The van der Waals surface area contributed by atoms with E-state index in [0.29, 0.717) is 35.4 Å². The fraction of sp³-hybridized carbons (Fsp3) is 0.300. The van der Waals surface area contributed by atoms with Gasteiger partial charge in [-0.25, -0.2) is 4.98 Å². The van der Waals surface area contributed by atoms with Gasteiger partial charge in [0, 0.05) is 29.8 Å². The van der Waals surface area contributed by atoms with Crippen molar-refractivity contribution in [2.45, 2.75) is 12.5 Å². The molecule has 140 valence electrons. The zero-order chi connectivity index (χ0) is 19.0. The number of rotatable bonds is 4. The van der Waals surface area contributed by atoms with Crippen molar-refractivity contribution in [3.63, 3.8) is 0 Å². The smallest absolute Gasteiger partial charge is 0.259 e. The Bertz CT molecular complexity index is 1040. The molecule has 0 spiro atoms. The van der Waals surface area contributed by atoms with Gasteiger partial charge in [-0.2, -0.15) is 0 Å². The first-order valence-electron chi connectivity index (χ1n) is 8.62. The SMILES string of the molecule is COc1cc(OC)cc(-c2cc3cnc(Cl)cc3n(C3CCOC3)c2=O)c1. The molecule has 4 rings (SSSR count). The van der Waals surface area contributed by atoms with Crippen LogP contribution in [0.3, 0.4) is 0 Å². The van der Waals surface area contributed by atoms with E-state index in [-0.39, 0.29) is 11.6 Å². The predicted molar refractivity (Wildman–Crippen MR) is 104 cm³/mol. The van der Waals surface area contributed by atoms with Crippen LogP contribution in [0.5, 0.6) is 11.5 Å². The second-order valence-corrected chi connectivity index (χ2v) is 6.81. The number of nitrogens with zero attached hydrogens (tertiary/aromatic N) is 2. The van der Waals surface area contributed by atoms with Crippen LogP contribution in [0.1, 0.15) is 12.5 Å². The van der Waals surface area contributed by atoms with E-state index >= 15 is 0 Å². The Kier molecular flexibility index (Phi) is 4.76. The summed E-state index contributed by atoms with van der Waals surface area (Å²) in [6.45, 7) is 1.13. The Hall–Kier alpha value is -2.57. The predicted octanol–water partition coefficient (Wildman–Crippen LogP) is 3.70. The standard InChI is InChI=1S/C20H19ClN2O4/c1-25-15-5-12(6-16(8-15)26-2)17-7-13-10-22-19(21)9-18(13)23(20(17)24)14-3-4-27-11-14/h5-10,14H,3-4,11H2,1-2H3. The van der Waals surface area contributed by atoms with Crippen LogP contribution < -0.4 is 15.0 Å². The molecule has 2 aromatic heterocycles. The van der Waals surface area contributed by atoms with Crippen LogP contribution >= 0.6 is 11.6 Å². The highest BCUT2D eigenvalue weighted by atomic mass is 35.5. The minimum Gasteiger partial charge on any atom is -0.497 e. The van der Waals surface area contributed by atoms with Crippen LogP contribution in [-0.2, 0) is 4.74 Å². The Morgan fingerprint density at radius 3 is 2.52 bits per heavy atom. The second kappa shape index (κ2) is 7.21. The molecule has 27 heavy (non-hydrogen) atoms. The number of fused-ring (bicyclic) bond motifs is 1. The number of hydrogen-bond donors (Lipinski definition) is 0. The third-order valence-electron chi connectivity index (χ3n) is 4.82. The van der Waals surface area contributed by atoms with E-state index in [1.54, 1.807) is 37.1 Å². The van der Waals surface area contributed by atoms with Crippen molar-refractivity contribution >= 4 is 22.5 Å². The van der Waals surface area contributed by atoms with E-state index in [4.69, 9.17) is 25.8 Å². The van der Waals surface area contributed by atoms with E-state index in [1.807, 2.05) is 18.2 Å². The summed E-state index contributed by atoms with van der Waals surface area (Å²) in [7, 11) is 3.16. The molecule has 0 N–H and O–H groups in total. The monoisotopic (exact) mass is 386 g/mol. The summed E-state index contributed by atoms with van der Waals surface area (Å²) in [5.74, 6) is 1.24. The van der Waals surface area contributed by atoms with Gasteiger partial charge in [0.2, 0.25) is 0 Å². The lowest BCUT2D eigenvalue weighted by Crippen LogP contribution is -2.27. The molecule has 0 saturated carbocycles. The normalized spacial score (nSPS) is 16.6. The van der Waals surface area contributed by atoms with Crippen LogP contribution in [0.2, 0.25) is 5.15 Å². The molecule has 0 bridgehead atoms. The number of pyridine rings is 2. The summed E-state index contributed by atoms with van der Waals surface area (Å²) in [6, 6.07) is 8.95. The number of benzene rings is 1. The third-order valence-corrected chi connectivity index (χ3v) is 5.03. The first-order chi connectivity index (χ1) is 13.1. The van der Waals surface area contributed by atoms with Gasteiger partial charge in [0.25, 0.3) is 5.56 Å². The van der Waals surface area contributed by atoms with Gasteiger partial charge in [-0.05, 0) is 36.2 Å². The van der Waals surface area contributed by atoms with Crippen LogP contribution in [0, 0.1) is 0 Å². The topological polar surface area (TPSA) is 62.6 Å². The van der Waals surface area contributed by atoms with Gasteiger partial charge in [-0.15, -0.1) is 0 Å². The fourth-order valence-corrected chi connectivity index (χ4v) is 3.62. The third kappa shape index (κ3) is 3.26. The van der Waals surface area contributed by atoms with Gasteiger partial charge in [-0.1, -0.05) is 11.6 Å². The highest BCUT2D eigenvalue weighted by molar-refractivity contribution is 6.30. The number of ether oxygens (including phenoxy) is 3. The highest BCUT2D eigenvalue weighted by Crippen LogP contribution is 2.31. The maximum Gasteiger partial charge on any atom is 0.259 e. The molecule has 1 saturated heterocycles. The summed E-state index contributed by atoms with van der Waals surface area (Å²) in [6.07, 6.45) is 2.46. The largest absolute Gasteiger partial charge is 0.497 e. The lowest BCUT2D eigenvalue weighted by atomic mass is 10.0. The zero-order valence-corrected chi connectivity index (χ0v) is 15.8. The molecule has 1 atom stereocenters. The number of hydrogen-bond acceptors (Lipinski definition) is 5. The van der Waals surface area contributed by atoms with Gasteiger partial charge in [0.15, 0.2) is 0 Å². The minimum atomic E-state index is -0.101. The molecule has 3 heterocycles. The van der Waals surface area contributed by atoms with E-state index < -0.39 is 0 Å². The summed E-state index contributed by atoms with van der Waals surface area (Å²) in [5, 5.41) is 1.19. The molecule has 0 aliphatic carbocycles. The molecule has 1 unspecified atom stereocenters. The molecule has 1 aliphatic rings. The van der Waals surface area contributed by atoms with Crippen molar-refractivity contribution in [2.24, 2.45) is 0 Å². The van der Waals surface area contributed by atoms with Gasteiger partial charge in [0.1, 0.15) is 16.7 Å². The Balaban J connectivity index is 2.01. The average Bonchev–Trinajstić information content (AvgIpc) is 3.21. The lowest BCUT2D eigenvalue weighted by Gasteiger charge is -2.18. The van der Waals surface area contributed by atoms with Crippen molar-refractivity contribution < 1.29 is 14.2 Å². The number of halogens is 1. The number of methoxy groups -OCH3 is 2. The van der Waals surface area contributed by atoms with Crippen LogP contribution in [0.4, 0.5) is 0 Å². The fourth-order valence-electron chi connectivity index (χ4n) is 3.46. The van der Waals surface area contributed by atoms with Gasteiger partial charge in [-0.3, -0.25) is 4.79 Å². The molecule has 0 amide bonds. The van der Waals surface area contributed by atoms with Crippen molar-refractivity contribution in [1.29, 1.82) is 0 Å². The van der Waals surface area contributed by atoms with Gasteiger partial charge in [0.05, 0.1) is 32.4 Å². The van der Waals surface area contributed by atoms with E-state index in [9.17, 15) is 4.79 Å². The van der Waals surface area contributed by atoms with E-state index in [2.05, 4.69) is 4.98 Å². The molecule has 3 aromatic rings. The van der Waals surface area contributed by atoms with Crippen LogP contribution in [0.25, 0.3) is 22.0 Å². The van der Waals surface area contributed by atoms with Crippen molar-refractivity contribution in [3.8, 4) is 22.6 Å². The molecule has 1 fully saturated rings. The summed E-state index contributed by atoms with van der Waals surface area (Å²) in [4.78, 5) is 17.6. The zero-order valence-electron chi connectivity index (χ0n) is 15.1. The minimum absolute atomic E-state index is 0.0362. The van der Waals surface area contributed by atoms with Gasteiger partial charge < -0.3 is 18.8 Å². The second-order valence-electron chi connectivity index (χ2n) is 6.42. The molecule has 6 nitrogen and oxygen atoms in total. The van der Waals surface area contributed by atoms with E-state index in [0.717, 1.165) is 22.9 Å². The molecule has 7 heteroatoms. The molecule has 0 radical (unpaired) electrons. The quantitative estimate of drug-likeness (QED) is 0.640. The Morgan fingerprint density at radius 1 is 1.15 bits per heavy atom. The first kappa shape index (κ1) is 17.8. The molecule has 1 aliphatic heterocycles. The first-order valence-corrected chi connectivity index (χ1v) is 9.00. The maximum absolute atomic E-state index is 13.4. The van der Waals surface area contributed by atoms with Crippen molar-refractivity contribution in [2.75, 3.05) is 27.4 Å². The van der Waals surface area contributed by atoms with E-state index in [1.165, 1.54) is 0 Å². The van der Waals surface area contributed by atoms with Crippen LogP contribution in [-0.4, -0.2) is 37.0 Å². The summed E-state index contributed by atoms with van der Waals surface area (Å²) in [5.41, 5.74) is 1.93. The van der Waals surface area contributed by atoms with Gasteiger partial charge >= 0.3 is 0 Å². The van der Waals surface area contributed by atoms with Crippen molar-refractivity contribution in [1.82, 2.24) is 9.55 Å². The average molecular weight is 387 g/mol. The molecule has 1 aromatic carbocycles. The van der Waals surface area contributed by atoms with Crippen LogP contribution in [0.15, 0.2) is 41.3 Å².